The van der Waals surface area contributed by atoms with Gasteiger partial charge in [-0.3, -0.25) is 9.78 Å². The van der Waals surface area contributed by atoms with E-state index in [1.165, 1.54) is 11.1 Å². The van der Waals surface area contributed by atoms with Crippen LogP contribution >= 0.6 is 0 Å². The summed E-state index contributed by atoms with van der Waals surface area (Å²) in [6.07, 6.45) is 1.84. The molecule has 0 aliphatic rings. The lowest BCUT2D eigenvalue weighted by Crippen LogP contribution is -2.36. The summed E-state index contributed by atoms with van der Waals surface area (Å²) in [5.41, 5.74) is 6.24. The van der Waals surface area contributed by atoms with Crippen molar-refractivity contribution in [3.05, 3.63) is 52.8 Å². The molecular formula is C23H32N2O3S. The predicted molar refractivity (Wildman–Crippen MR) is 119 cm³/mol. The second kappa shape index (κ2) is 9.63. The highest BCUT2D eigenvalue weighted by Crippen LogP contribution is 2.32. The smallest absolute Gasteiger partial charge is 0.307 e. The molecule has 1 aromatic heterocycles. The second-order valence-corrected chi connectivity index (χ2v) is 10.2. The Balaban J connectivity index is 2.50. The van der Waals surface area contributed by atoms with Crippen LogP contribution < -0.4 is 4.72 Å². The van der Waals surface area contributed by atoms with Crippen LogP contribution in [0.5, 0.6) is 0 Å². The maximum atomic E-state index is 12.7. The standard InChI is InChI=1S/C23H32N2O3S/c1-8-28-21(26)13-20(25-29(27)23(5,6)7)18-12-19(17(4)24-14-18)22-15(2)10-9-11-16(22)3/h9-12,14,20,25H,8,13H2,1-7H3/t20-,29?/m0/s1. The summed E-state index contributed by atoms with van der Waals surface area (Å²) in [6, 6.07) is 7.80. The van der Waals surface area contributed by atoms with Gasteiger partial charge in [-0.15, -0.1) is 0 Å². The van der Waals surface area contributed by atoms with Crippen LogP contribution in [0, 0.1) is 20.8 Å². The van der Waals surface area contributed by atoms with E-state index in [2.05, 4.69) is 41.8 Å². The van der Waals surface area contributed by atoms with Crippen molar-refractivity contribution < 1.29 is 13.7 Å². The first-order valence-electron chi connectivity index (χ1n) is 9.91. The van der Waals surface area contributed by atoms with Gasteiger partial charge in [-0.25, -0.2) is 8.93 Å². The molecule has 0 radical (unpaired) electrons. The molecule has 2 aromatic rings. The largest absolute Gasteiger partial charge is 0.466 e. The first-order valence-corrected chi connectivity index (χ1v) is 11.1. The fourth-order valence-corrected chi connectivity index (χ4v) is 3.98. The van der Waals surface area contributed by atoms with Crippen LogP contribution in [0.1, 0.15) is 62.5 Å². The summed E-state index contributed by atoms with van der Waals surface area (Å²) in [5.74, 6) is -0.329. The summed E-state index contributed by atoms with van der Waals surface area (Å²) in [7, 11) is -1.34. The highest BCUT2D eigenvalue weighted by atomic mass is 32.2. The first kappa shape index (κ1) is 23.2. The molecule has 0 amide bonds. The van der Waals surface area contributed by atoms with E-state index in [0.717, 1.165) is 22.4 Å². The zero-order chi connectivity index (χ0) is 21.8. The lowest BCUT2D eigenvalue weighted by molar-refractivity contribution is -0.143. The van der Waals surface area contributed by atoms with Gasteiger partial charge in [0.15, 0.2) is 0 Å². The van der Waals surface area contributed by atoms with Crippen LogP contribution in [0.25, 0.3) is 11.1 Å². The molecule has 0 aliphatic heterocycles. The minimum absolute atomic E-state index is 0.0899. The molecule has 29 heavy (non-hydrogen) atoms. The molecule has 0 aliphatic carbocycles. The number of aryl methyl sites for hydroxylation is 3. The van der Waals surface area contributed by atoms with Crippen molar-refractivity contribution in [3.63, 3.8) is 0 Å². The van der Waals surface area contributed by atoms with Crippen LogP contribution in [-0.2, 0) is 20.5 Å². The molecule has 1 unspecified atom stereocenters. The molecule has 0 bridgehead atoms. The van der Waals surface area contributed by atoms with Crippen molar-refractivity contribution in [1.82, 2.24) is 9.71 Å². The summed E-state index contributed by atoms with van der Waals surface area (Å²) in [4.78, 5) is 16.8. The van der Waals surface area contributed by atoms with Crippen LogP contribution in [0.3, 0.4) is 0 Å². The third-order valence-corrected chi connectivity index (χ3v) is 6.35. The van der Waals surface area contributed by atoms with Crippen molar-refractivity contribution >= 4 is 17.0 Å². The molecule has 2 rings (SSSR count). The Bertz CT molecular complexity index is 883. The molecule has 0 spiro atoms. The normalized spacial score (nSPS) is 13.8. The fraction of sp³-hybridized carbons (Fsp3) is 0.478. The lowest BCUT2D eigenvalue weighted by Gasteiger charge is -2.25. The van der Waals surface area contributed by atoms with Crippen LogP contribution in [0.4, 0.5) is 0 Å². The van der Waals surface area contributed by atoms with Gasteiger partial charge in [0.25, 0.3) is 0 Å². The fourth-order valence-electron chi connectivity index (χ4n) is 3.15. The molecule has 0 saturated heterocycles. The van der Waals surface area contributed by atoms with Gasteiger partial charge in [-0.1, -0.05) is 18.2 Å². The van der Waals surface area contributed by atoms with Crippen molar-refractivity contribution in [2.75, 3.05) is 6.61 Å². The Morgan fingerprint density at radius 3 is 2.38 bits per heavy atom. The number of rotatable bonds is 7. The molecule has 1 heterocycles. The summed E-state index contributed by atoms with van der Waals surface area (Å²) in [6.45, 7) is 13.9. The van der Waals surface area contributed by atoms with Crippen molar-refractivity contribution in [1.29, 1.82) is 0 Å². The zero-order valence-electron chi connectivity index (χ0n) is 18.5. The predicted octanol–water partition coefficient (Wildman–Crippen LogP) is 4.72. The summed E-state index contributed by atoms with van der Waals surface area (Å²) in [5, 5.41) is 0. The molecule has 158 valence electrons. The average molecular weight is 417 g/mol. The van der Waals surface area contributed by atoms with Gasteiger partial charge in [-0.2, -0.15) is 0 Å². The van der Waals surface area contributed by atoms with E-state index in [1.54, 1.807) is 13.1 Å². The van der Waals surface area contributed by atoms with Gasteiger partial charge in [0.05, 0.1) is 34.8 Å². The average Bonchev–Trinajstić information content (AvgIpc) is 2.62. The Hall–Kier alpha value is -2.05. The van der Waals surface area contributed by atoms with Gasteiger partial charge >= 0.3 is 5.97 Å². The number of carbonyl (C=O) groups excluding carboxylic acids is 1. The molecule has 1 N–H and O–H groups in total. The number of benzene rings is 1. The van der Waals surface area contributed by atoms with Crippen LogP contribution in [-0.4, -0.2) is 26.5 Å². The van der Waals surface area contributed by atoms with Crippen molar-refractivity contribution in [2.45, 2.75) is 65.7 Å². The van der Waals surface area contributed by atoms with Crippen LogP contribution in [0.15, 0.2) is 30.5 Å². The molecule has 5 nitrogen and oxygen atoms in total. The highest BCUT2D eigenvalue weighted by Gasteiger charge is 2.26. The Labute approximate surface area is 176 Å². The molecule has 0 saturated carbocycles. The zero-order valence-corrected chi connectivity index (χ0v) is 19.3. The topological polar surface area (TPSA) is 68.3 Å². The van der Waals surface area contributed by atoms with Gasteiger partial charge in [0, 0.05) is 17.5 Å². The number of pyridine rings is 1. The minimum atomic E-state index is -1.34. The minimum Gasteiger partial charge on any atom is -0.466 e. The number of esters is 1. The molecule has 6 heteroatoms. The number of nitrogens with zero attached hydrogens (tertiary/aromatic N) is 1. The van der Waals surface area contributed by atoms with E-state index in [-0.39, 0.29) is 12.4 Å². The number of hydrogen-bond acceptors (Lipinski definition) is 4. The van der Waals surface area contributed by atoms with Crippen LogP contribution in [0.2, 0.25) is 0 Å². The monoisotopic (exact) mass is 416 g/mol. The number of ether oxygens (including phenoxy) is 1. The van der Waals surface area contributed by atoms with Gasteiger partial charge in [0.1, 0.15) is 0 Å². The number of nitrogens with one attached hydrogen (secondary N) is 1. The Morgan fingerprint density at radius 1 is 1.21 bits per heavy atom. The quantitative estimate of drug-likeness (QED) is 0.663. The molecular weight excluding hydrogens is 384 g/mol. The highest BCUT2D eigenvalue weighted by molar-refractivity contribution is 7.84. The Kier molecular flexibility index (Phi) is 7.72. The van der Waals surface area contributed by atoms with E-state index in [0.29, 0.717) is 6.61 Å². The van der Waals surface area contributed by atoms with E-state index in [1.807, 2.05) is 33.8 Å². The maximum Gasteiger partial charge on any atom is 0.307 e. The van der Waals surface area contributed by atoms with Gasteiger partial charge in [-0.05, 0) is 76.8 Å². The molecule has 1 aromatic carbocycles. The molecule has 2 atom stereocenters. The third kappa shape index (κ3) is 5.97. The van der Waals surface area contributed by atoms with Gasteiger partial charge in [0.2, 0.25) is 0 Å². The van der Waals surface area contributed by atoms with Crippen molar-refractivity contribution in [3.8, 4) is 11.1 Å². The van der Waals surface area contributed by atoms with Gasteiger partial charge < -0.3 is 4.74 Å². The molecule has 0 fully saturated rings. The summed E-state index contributed by atoms with van der Waals surface area (Å²) < 4.78 is 20.5. The SMILES string of the molecule is CCOC(=O)C[C@H](NS(=O)C(C)(C)C)c1cnc(C)c(-c2c(C)cccc2C)c1. The van der Waals surface area contributed by atoms with Crippen molar-refractivity contribution in [2.24, 2.45) is 0 Å². The lowest BCUT2D eigenvalue weighted by atomic mass is 9.92. The van der Waals surface area contributed by atoms with E-state index >= 15 is 0 Å². The summed E-state index contributed by atoms with van der Waals surface area (Å²) >= 11 is 0. The van der Waals surface area contributed by atoms with E-state index in [4.69, 9.17) is 4.74 Å². The van der Waals surface area contributed by atoms with E-state index in [9.17, 15) is 9.00 Å². The maximum absolute atomic E-state index is 12.7. The number of carbonyl (C=O) groups is 1. The van der Waals surface area contributed by atoms with E-state index < -0.39 is 21.8 Å². The number of hydrogen-bond donors (Lipinski definition) is 1. The first-order chi connectivity index (χ1) is 13.5. The Morgan fingerprint density at radius 2 is 1.83 bits per heavy atom. The third-order valence-electron chi connectivity index (χ3n) is 4.74. The second-order valence-electron chi connectivity index (χ2n) is 8.23. The number of aromatic nitrogens is 1.